The number of hydrogen-bond donors (Lipinski definition) is 2. The van der Waals surface area contributed by atoms with Gasteiger partial charge in [-0.25, -0.2) is 48.2 Å². The molecule has 14 nitrogen and oxygen atoms in total. The zero-order valence-corrected chi connectivity index (χ0v) is 39.0. The van der Waals surface area contributed by atoms with E-state index in [-0.39, 0.29) is 66.1 Å². The Balaban J connectivity index is 1.30. The molecular weight excluding hydrogens is 1000 g/mol. The van der Waals surface area contributed by atoms with E-state index in [1.807, 2.05) is 0 Å². The number of anilines is 1. The summed E-state index contributed by atoms with van der Waals surface area (Å²) in [6.07, 6.45) is -6.40. The molecule has 0 aliphatic heterocycles. The first-order valence-corrected chi connectivity index (χ1v) is 25.0. The summed E-state index contributed by atoms with van der Waals surface area (Å²) in [6, 6.07) is 12.9. The van der Waals surface area contributed by atoms with Gasteiger partial charge < -0.3 is 5.32 Å². The van der Waals surface area contributed by atoms with Gasteiger partial charge in [0.2, 0.25) is 15.9 Å². The third-order valence-corrected chi connectivity index (χ3v) is 15.2. The minimum atomic E-state index is -4.17. The van der Waals surface area contributed by atoms with Crippen LogP contribution in [0.4, 0.5) is 40.9 Å². The molecule has 3 heterocycles. The van der Waals surface area contributed by atoms with Crippen LogP contribution in [-0.2, 0) is 50.1 Å². The van der Waals surface area contributed by atoms with E-state index in [9.17, 15) is 48.0 Å². The molecule has 0 unspecified atom stereocenters. The molecule has 2 N–H and O–H groups in total. The number of halogens is 9. The van der Waals surface area contributed by atoms with E-state index in [4.69, 9.17) is 16.6 Å². The summed E-state index contributed by atoms with van der Waals surface area (Å²) in [5.74, 6) is -10.3. The summed E-state index contributed by atoms with van der Waals surface area (Å²) >= 11 is 6.60. The lowest BCUT2D eigenvalue weighted by atomic mass is 10.0. The molecule has 0 bridgehead atoms. The number of nitrogens with one attached hydrogen (secondary N) is 2. The van der Waals surface area contributed by atoms with Crippen molar-refractivity contribution in [3.8, 4) is 16.8 Å². The van der Waals surface area contributed by atoms with Crippen molar-refractivity contribution in [2.75, 3.05) is 11.0 Å². The van der Waals surface area contributed by atoms with E-state index in [0.29, 0.717) is 15.4 Å². The Kier molecular flexibility index (Phi) is 12.1. The second-order valence-corrected chi connectivity index (χ2v) is 21.9. The molecule has 368 valence electrons. The number of hydrogen-bond acceptors (Lipinski definition) is 9. The number of carbonyl (C=O) groups excluding carboxylic acids is 1. The summed E-state index contributed by atoms with van der Waals surface area (Å²) in [7, 11) is -8.10. The fraction of sp³-hybridized carbons (Fsp3) is 0.311. The summed E-state index contributed by atoms with van der Waals surface area (Å²) in [6.45, 7) is 0.642. The molecule has 2 aliphatic carbocycles. The zero-order valence-electron chi connectivity index (χ0n) is 36.6. The molecule has 1 saturated carbocycles. The maximum Gasteiger partial charge on any atom is 0.293 e. The Bertz CT molecular complexity index is 3580. The van der Waals surface area contributed by atoms with Gasteiger partial charge in [0.15, 0.2) is 15.7 Å². The summed E-state index contributed by atoms with van der Waals surface area (Å²) in [5, 5.41) is 8.72. The Morgan fingerprint density at radius 3 is 2.29 bits per heavy atom. The van der Waals surface area contributed by atoms with Gasteiger partial charge in [0.05, 0.1) is 55.0 Å². The van der Waals surface area contributed by atoms with Crippen molar-refractivity contribution in [2.24, 2.45) is 5.92 Å². The molecule has 25 heteroatoms. The molecule has 0 radical (unpaired) electrons. The second kappa shape index (κ2) is 17.5. The van der Waals surface area contributed by atoms with Crippen molar-refractivity contribution in [1.82, 2.24) is 34.4 Å². The number of benzene rings is 4. The third-order valence-electron chi connectivity index (χ3n) is 12.1. The molecule has 4 aromatic carbocycles. The quantitative estimate of drug-likeness (QED) is 0.0952. The van der Waals surface area contributed by atoms with Crippen LogP contribution in [-0.4, -0.2) is 69.8 Å². The number of fused-ring (bicyclic) bond motifs is 5. The first-order chi connectivity index (χ1) is 32.8. The van der Waals surface area contributed by atoms with Crippen molar-refractivity contribution in [2.45, 2.75) is 80.7 Å². The highest BCUT2D eigenvalue weighted by molar-refractivity contribution is 7.92. The molecule has 0 saturated heterocycles. The number of nitrogens with zero attached hydrogens (tertiary/aromatic N) is 6. The number of alkyl halides is 6. The number of rotatable bonds is 15. The molecule has 3 aromatic heterocycles. The van der Waals surface area contributed by atoms with Crippen molar-refractivity contribution in [3.05, 3.63) is 128 Å². The van der Waals surface area contributed by atoms with Gasteiger partial charge in [-0.15, -0.1) is 0 Å². The van der Waals surface area contributed by atoms with E-state index in [2.05, 4.69) is 20.2 Å². The number of sulfonamides is 1. The second-order valence-electron chi connectivity index (χ2n) is 17.3. The maximum atomic E-state index is 15.6. The minimum Gasteiger partial charge on any atom is -0.344 e. The lowest BCUT2D eigenvalue weighted by Crippen LogP contribution is -2.38. The maximum absolute atomic E-state index is 15.6. The number of carbonyl (C=O) groups is 1. The Labute approximate surface area is 397 Å². The highest BCUT2D eigenvalue weighted by Crippen LogP contribution is 2.68. The first kappa shape index (κ1) is 48.6. The fourth-order valence-corrected chi connectivity index (χ4v) is 11.1. The van der Waals surface area contributed by atoms with E-state index in [1.165, 1.54) is 62.4 Å². The Morgan fingerprint density at radius 2 is 1.63 bits per heavy atom. The third kappa shape index (κ3) is 8.66. The molecule has 1 fully saturated rings. The van der Waals surface area contributed by atoms with E-state index in [1.54, 1.807) is 6.07 Å². The minimum absolute atomic E-state index is 0.0735. The van der Waals surface area contributed by atoms with Gasteiger partial charge in [-0.2, -0.15) is 19.0 Å². The van der Waals surface area contributed by atoms with Crippen LogP contribution in [0.25, 0.3) is 38.6 Å². The van der Waals surface area contributed by atoms with Crippen LogP contribution in [0.3, 0.4) is 0 Å². The number of sulfone groups is 1. The van der Waals surface area contributed by atoms with Gasteiger partial charge in [-0.1, -0.05) is 35.9 Å². The van der Waals surface area contributed by atoms with Crippen LogP contribution in [0.2, 0.25) is 5.02 Å². The lowest BCUT2D eigenvalue weighted by Gasteiger charge is -2.24. The van der Waals surface area contributed by atoms with Gasteiger partial charge in [-0.05, 0) is 79.8 Å². The fourth-order valence-electron chi connectivity index (χ4n) is 9.12. The molecule has 3 atom stereocenters. The largest absolute Gasteiger partial charge is 0.344 e. The molecule has 2 aliphatic rings. The summed E-state index contributed by atoms with van der Waals surface area (Å²) in [5.41, 5.74) is -3.86. The highest BCUT2D eigenvalue weighted by atomic mass is 35.5. The van der Waals surface area contributed by atoms with Gasteiger partial charge in [-0.3, -0.25) is 28.2 Å². The lowest BCUT2D eigenvalue weighted by molar-refractivity contribution is -0.123. The van der Waals surface area contributed by atoms with Crippen molar-refractivity contribution in [1.29, 1.82) is 0 Å². The van der Waals surface area contributed by atoms with E-state index >= 15 is 13.6 Å². The molecular formula is C45H37ClF8N8O6S2. The van der Waals surface area contributed by atoms with E-state index < -0.39 is 127 Å². The normalized spacial score (nSPS) is 16.9. The van der Waals surface area contributed by atoms with Crippen LogP contribution in [0.5, 0.6) is 0 Å². The zero-order chi connectivity index (χ0) is 50.5. The predicted octanol–water partition coefficient (Wildman–Crippen LogP) is 8.60. The van der Waals surface area contributed by atoms with Crippen LogP contribution in [0.1, 0.15) is 67.0 Å². The average Bonchev–Trinajstić information content (AvgIpc) is 3.79. The molecule has 9 rings (SSSR count). The molecule has 70 heavy (non-hydrogen) atoms. The number of aromatic nitrogens is 6. The van der Waals surface area contributed by atoms with Crippen LogP contribution in [0.15, 0.2) is 82.5 Å². The monoisotopic (exact) mass is 1040 g/mol. The molecule has 7 aromatic rings. The highest BCUT2D eigenvalue weighted by Gasteiger charge is 2.67. The predicted molar refractivity (Wildman–Crippen MR) is 241 cm³/mol. The first-order valence-electron chi connectivity index (χ1n) is 21.2. The van der Waals surface area contributed by atoms with Gasteiger partial charge in [0.1, 0.15) is 41.9 Å². The van der Waals surface area contributed by atoms with Gasteiger partial charge in [0.25, 0.3) is 24.3 Å². The van der Waals surface area contributed by atoms with Gasteiger partial charge >= 0.3 is 0 Å². The smallest absolute Gasteiger partial charge is 0.293 e. The van der Waals surface area contributed by atoms with Crippen molar-refractivity contribution < 1.29 is 56.8 Å². The van der Waals surface area contributed by atoms with Crippen LogP contribution >= 0.6 is 11.6 Å². The number of amides is 1. The molecule has 1 amide bonds. The molecule has 0 spiro atoms. The van der Waals surface area contributed by atoms with Gasteiger partial charge in [0, 0.05) is 29.5 Å². The Morgan fingerprint density at radius 1 is 0.929 bits per heavy atom. The topological polar surface area (TPSA) is 180 Å². The Hall–Kier alpha value is -6.40. The SMILES string of the molecule is CC(C)S(=O)(=O)c1ccccc1-c1ccc2c(=O)n(-c3ccc(Cl)c4c(NS(C)(=O)=O)nn(CC(F)F)c34)c([C@H](Cc3cc(F)cc(F)c3)NC(=O)Cn3nc(C(F)F)c4c3C(F)(F)[C@@H]3C[C@H]43)nc2c1. The summed E-state index contributed by atoms with van der Waals surface area (Å²) < 4.78 is 174. The summed E-state index contributed by atoms with van der Waals surface area (Å²) in [4.78, 5) is 34.3. The average molecular weight is 1040 g/mol. The van der Waals surface area contributed by atoms with Crippen LogP contribution in [0, 0.1) is 17.6 Å². The van der Waals surface area contributed by atoms with Crippen molar-refractivity contribution in [3.63, 3.8) is 0 Å². The van der Waals surface area contributed by atoms with Crippen LogP contribution < -0.4 is 15.6 Å². The van der Waals surface area contributed by atoms with Crippen molar-refractivity contribution >= 4 is 65.0 Å². The standard InChI is InChI=1S/C45H37ClF8N8O6S2/c1-20(2)70(67,68)33-7-5-4-6-25(33)22-8-9-26-30(15-22)56-43(62(44(26)64)32-11-10-29(46)37-39(32)60(18-34(49)50)58-42(37)59-69(3,65)66)31(14-21-12-23(47)16-24(48)13-21)55-35(63)19-61-40-36(38(57-61)41(51)52)27-17-28(27)45(40,53)54/h4-13,15-16,20,27-28,31,34,41H,14,17-19H2,1-3H3,(H,55,63)(H,58,59)/t27-,28+,31-/m0/s1. The van der Waals surface area contributed by atoms with E-state index in [0.717, 1.165) is 23.0 Å².